The SMILES string of the molecule is COC(CC1=CCCCC1=O)OC. The summed E-state index contributed by atoms with van der Waals surface area (Å²) in [4.78, 5) is 11.4. The van der Waals surface area contributed by atoms with Crippen LogP contribution in [0.2, 0.25) is 0 Å². The average Bonchev–Trinajstić information content (AvgIpc) is 2.17. The zero-order valence-corrected chi connectivity index (χ0v) is 8.21. The minimum absolute atomic E-state index is 0.241. The molecule has 0 N–H and O–H groups in total. The lowest BCUT2D eigenvalue weighted by atomic mass is 9.96. The van der Waals surface area contributed by atoms with Gasteiger partial charge in [0.05, 0.1) is 0 Å². The summed E-state index contributed by atoms with van der Waals surface area (Å²) in [7, 11) is 3.17. The van der Waals surface area contributed by atoms with Gasteiger partial charge in [-0.1, -0.05) is 6.08 Å². The third-order valence-electron chi connectivity index (χ3n) is 2.27. The molecular formula is C10H16O3. The summed E-state index contributed by atoms with van der Waals surface area (Å²) in [6.45, 7) is 0. The van der Waals surface area contributed by atoms with Crippen molar-refractivity contribution in [3.63, 3.8) is 0 Å². The van der Waals surface area contributed by atoms with Gasteiger partial charge in [0.15, 0.2) is 12.1 Å². The molecule has 0 spiro atoms. The molecule has 0 aromatic rings. The summed E-state index contributed by atoms with van der Waals surface area (Å²) in [5.41, 5.74) is 0.861. The Labute approximate surface area is 78.7 Å². The Morgan fingerprint density at radius 2 is 2.15 bits per heavy atom. The third kappa shape index (κ3) is 2.94. The smallest absolute Gasteiger partial charge is 0.160 e. The molecule has 0 bridgehead atoms. The van der Waals surface area contributed by atoms with Gasteiger partial charge in [-0.05, 0) is 18.4 Å². The van der Waals surface area contributed by atoms with Gasteiger partial charge >= 0.3 is 0 Å². The predicted octanol–water partition coefficient (Wildman–Crippen LogP) is 1.67. The summed E-state index contributed by atoms with van der Waals surface area (Å²) in [6.07, 6.45) is 4.94. The van der Waals surface area contributed by atoms with Crippen molar-refractivity contribution in [2.24, 2.45) is 0 Å². The van der Waals surface area contributed by atoms with Crippen LogP contribution in [0.4, 0.5) is 0 Å². The van der Waals surface area contributed by atoms with Gasteiger partial charge in [-0.2, -0.15) is 0 Å². The van der Waals surface area contributed by atoms with E-state index >= 15 is 0 Å². The molecule has 74 valence electrons. The van der Waals surface area contributed by atoms with Gasteiger partial charge in [0.1, 0.15) is 0 Å². The van der Waals surface area contributed by atoms with E-state index in [2.05, 4.69) is 0 Å². The zero-order chi connectivity index (χ0) is 9.68. The van der Waals surface area contributed by atoms with Crippen molar-refractivity contribution < 1.29 is 14.3 Å². The van der Waals surface area contributed by atoms with E-state index in [1.807, 2.05) is 6.08 Å². The van der Waals surface area contributed by atoms with Crippen molar-refractivity contribution in [3.8, 4) is 0 Å². The van der Waals surface area contributed by atoms with Crippen molar-refractivity contribution in [1.82, 2.24) is 0 Å². The summed E-state index contributed by atoms with van der Waals surface area (Å²) in [5.74, 6) is 0.241. The van der Waals surface area contributed by atoms with Gasteiger partial charge in [-0.25, -0.2) is 0 Å². The Kier molecular flexibility index (Phi) is 4.12. The van der Waals surface area contributed by atoms with E-state index in [1.165, 1.54) is 0 Å². The van der Waals surface area contributed by atoms with Crippen LogP contribution < -0.4 is 0 Å². The highest BCUT2D eigenvalue weighted by Crippen LogP contribution is 2.19. The minimum atomic E-state index is -0.284. The highest BCUT2D eigenvalue weighted by atomic mass is 16.7. The molecule has 0 aromatic carbocycles. The van der Waals surface area contributed by atoms with E-state index in [9.17, 15) is 4.79 Å². The number of hydrogen-bond acceptors (Lipinski definition) is 3. The van der Waals surface area contributed by atoms with E-state index in [1.54, 1.807) is 14.2 Å². The lowest BCUT2D eigenvalue weighted by Crippen LogP contribution is -2.18. The fourth-order valence-corrected chi connectivity index (χ4v) is 1.45. The molecule has 0 aliphatic heterocycles. The third-order valence-corrected chi connectivity index (χ3v) is 2.27. The first-order chi connectivity index (χ1) is 6.27. The van der Waals surface area contributed by atoms with Crippen LogP contribution in [0.1, 0.15) is 25.7 Å². The number of rotatable bonds is 4. The molecule has 0 aromatic heterocycles. The van der Waals surface area contributed by atoms with Crippen molar-refractivity contribution >= 4 is 5.78 Å². The molecule has 3 heteroatoms. The molecule has 1 aliphatic carbocycles. The molecule has 0 atom stereocenters. The molecule has 1 rings (SSSR count). The first-order valence-electron chi connectivity index (χ1n) is 4.55. The number of carbonyl (C=O) groups excluding carboxylic acids is 1. The Bertz CT molecular complexity index is 204. The number of hydrogen-bond donors (Lipinski definition) is 0. The number of ketones is 1. The topological polar surface area (TPSA) is 35.5 Å². The molecule has 0 radical (unpaired) electrons. The van der Waals surface area contributed by atoms with Gasteiger partial charge in [-0.15, -0.1) is 0 Å². The Balaban J connectivity index is 2.50. The maximum absolute atomic E-state index is 11.4. The number of allylic oxidation sites excluding steroid dienone is 1. The number of carbonyl (C=O) groups is 1. The highest BCUT2D eigenvalue weighted by molar-refractivity contribution is 5.95. The zero-order valence-electron chi connectivity index (χ0n) is 8.21. The average molecular weight is 184 g/mol. The number of Topliss-reactive ketones (excluding diaryl/α,β-unsaturated/α-hetero) is 1. The summed E-state index contributed by atoms with van der Waals surface area (Å²) < 4.78 is 10.1. The molecule has 1 aliphatic rings. The van der Waals surface area contributed by atoms with Crippen LogP contribution in [0.25, 0.3) is 0 Å². The van der Waals surface area contributed by atoms with E-state index in [0.717, 1.165) is 18.4 Å². The second-order valence-corrected chi connectivity index (χ2v) is 3.15. The van der Waals surface area contributed by atoms with E-state index in [-0.39, 0.29) is 12.1 Å². The quantitative estimate of drug-likeness (QED) is 0.623. The fraction of sp³-hybridized carbons (Fsp3) is 0.700. The molecule has 0 amide bonds. The second-order valence-electron chi connectivity index (χ2n) is 3.15. The largest absolute Gasteiger partial charge is 0.356 e. The Morgan fingerprint density at radius 1 is 1.46 bits per heavy atom. The lowest BCUT2D eigenvalue weighted by molar-refractivity contribution is -0.120. The Hall–Kier alpha value is -0.670. The van der Waals surface area contributed by atoms with Crippen molar-refractivity contribution in [1.29, 1.82) is 0 Å². The summed E-state index contributed by atoms with van der Waals surface area (Å²) in [5, 5.41) is 0. The first kappa shape index (κ1) is 10.4. The Morgan fingerprint density at radius 3 is 2.69 bits per heavy atom. The molecule has 0 saturated carbocycles. The summed E-state index contributed by atoms with van der Waals surface area (Å²) in [6, 6.07) is 0. The first-order valence-corrected chi connectivity index (χ1v) is 4.55. The van der Waals surface area contributed by atoms with Crippen LogP contribution >= 0.6 is 0 Å². The van der Waals surface area contributed by atoms with Gasteiger partial charge in [0, 0.05) is 27.1 Å². The number of ether oxygens (including phenoxy) is 2. The van der Waals surface area contributed by atoms with Gasteiger partial charge in [0.2, 0.25) is 0 Å². The predicted molar refractivity (Wildman–Crippen MR) is 49.4 cm³/mol. The van der Waals surface area contributed by atoms with Gasteiger partial charge < -0.3 is 9.47 Å². The lowest BCUT2D eigenvalue weighted by Gasteiger charge is -2.17. The van der Waals surface area contributed by atoms with Crippen LogP contribution in [0.15, 0.2) is 11.6 Å². The van der Waals surface area contributed by atoms with Crippen molar-refractivity contribution in [2.75, 3.05) is 14.2 Å². The molecule has 0 fully saturated rings. The van der Waals surface area contributed by atoms with Crippen LogP contribution in [-0.4, -0.2) is 26.3 Å². The van der Waals surface area contributed by atoms with E-state index in [0.29, 0.717) is 12.8 Å². The second kappa shape index (κ2) is 5.14. The van der Waals surface area contributed by atoms with Crippen LogP contribution in [0.3, 0.4) is 0 Å². The van der Waals surface area contributed by atoms with Crippen molar-refractivity contribution in [2.45, 2.75) is 32.0 Å². The van der Waals surface area contributed by atoms with E-state index < -0.39 is 0 Å². The maximum Gasteiger partial charge on any atom is 0.160 e. The monoisotopic (exact) mass is 184 g/mol. The maximum atomic E-state index is 11.4. The summed E-state index contributed by atoms with van der Waals surface area (Å²) >= 11 is 0. The van der Waals surface area contributed by atoms with E-state index in [4.69, 9.17) is 9.47 Å². The highest BCUT2D eigenvalue weighted by Gasteiger charge is 2.17. The molecule has 13 heavy (non-hydrogen) atoms. The molecule has 0 heterocycles. The van der Waals surface area contributed by atoms with Crippen LogP contribution in [0.5, 0.6) is 0 Å². The molecular weight excluding hydrogens is 168 g/mol. The molecule has 0 saturated heterocycles. The molecule has 0 unspecified atom stereocenters. The fourth-order valence-electron chi connectivity index (χ4n) is 1.45. The van der Waals surface area contributed by atoms with Crippen LogP contribution in [-0.2, 0) is 14.3 Å². The minimum Gasteiger partial charge on any atom is -0.356 e. The standard InChI is InChI=1S/C10H16O3/c1-12-10(13-2)7-8-5-3-4-6-9(8)11/h5,10H,3-4,6-7H2,1-2H3. The normalized spacial score (nSPS) is 17.8. The molecule has 3 nitrogen and oxygen atoms in total. The van der Waals surface area contributed by atoms with Crippen molar-refractivity contribution in [3.05, 3.63) is 11.6 Å². The van der Waals surface area contributed by atoms with Crippen LogP contribution in [0, 0.1) is 0 Å². The number of methoxy groups -OCH3 is 2. The van der Waals surface area contributed by atoms with Gasteiger partial charge in [0.25, 0.3) is 0 Å². The van der Waals surface area contributed by atoms with Gasteiger partial charge in [-0.3, -0.25) is 4.79 Å².